The fraction of sp³-hybridized carbons (Fsp3) is 0.412. The first-order valence-corrected chi connectivity index (χ1v) is 14.8. The van der Waals surface area contributed by atoms with Crippen LogP contribution >= 0.6 is 0 Å². The smallest absolute Gasteiger partial charge is 0.343 e. The molecular weight excluding hydrogens is 552 g/mol. The number of rotatable bonds is 18. The molecule has 230 valence electrons. The Morgan fingerprint density at radius 2 is 1.12 bits per heavy atom. The summed E-state index contributed by atoms with van der Waals surface area (Å²) in [5, 5.41) is 8.82. The van der Waals surface area contributed by atoms with Crippen LogP contribution in [0.2, 0.25) is 0 Å². The molecule has 0 radical (unpaired) electrons. The summed E-state index contributed by atoms with van der Waals surface area (Å²) in [5.41, 5.74) is 0.978. The minimum atomic E-state index is -0.517. The molecule has 1 saturated heterocycles. The van der Waals surface area contributed by atoms with Crippen LogP contribution in [0.5, 0.6) is 23.0 Å². The Morgan fingerprint density at radius 1 is 0.674 bits per heavy atom. The van der Waals surface area contributed by atoms with Crippen LogP contribution in [0, 0.1) is 5.41 Å². The summed E-state index contributed by atoms with van der Waals surface area (Å²) < 4.78 is 33.4. The van der Waals surface area contributed by atoms with E-state index < -0.39 is 11.9 Å². The lowest BCUT2D eigenvalue weighted by molar-refractivity contribution is -0.150. The van der Waals surface area contributed by atoms with Crippen molar-refractivity contribution >= 4 is 11.9 Å². The molecular formula is C34H40O9. The van der Waals surface area contributed by atoms with E-state index in [0.29, 0.717) is 60.4 Å². The standard InChI is InChI=1S/C34H40O9/c1-2-34(24-39-25-34)23-38-20-5-6-22-41-29-13-9-27(10-14-29)33(37)43-31-17-15-30(16-18-31)42-32(36)26-7-11-28(12-8-26)40-21-4-3-19-35/h7-18,35H,2-6,19-25H2,1H3. The van der Waals surface area contributed by atoms with E-state index in [4.69, 9.17) is 33.5 Å². The van der Waals surface area contributed by atoms with Gasteiger partial charge in [-0.3, -0.25) is 0 Å². The van der Waals surface area contributed by atoms with Crippen LogP contribution in [0.15, 0.2) is 72.8 Å². The molecule has 3 aromatic rings. The monoisotopic (exact) mass is 592 g/mol. The van der Waals surface area contributed by atoms with Crippen molar-refractivity contribution in [3.63, 3.8) is 0 Å². The van der Waals surface area contributed by atoms with Crippen molar-refractivity contribution in [2.45, 2.75) is 39.0 Å². The van der Waals surface area contributed by atoms with Crippen molar-refractivity contribution in [1.29, 1.82) is 0 Å². The van der Waals surface area contributed by atoms with Gasteiger partial charge in [0.2, 0.25) is 0 Å². The molecule has 1 aliphatic heterocycles. The number of carbonyl (C=O) groups excluding carboxylic acids is 2. The number of carbonyl (C=O) groups is 2. The molecule has 3 aromatic carbocycles. The third-order valence-electron chi connectivity index (χ3n) is 7.17. The van der Waals surface area contributed by atoms with Crippen LogP contribution in [0.3, 0.4) is 0 Å². The summed E-state index contributed by atoms with van der Waals surface area (Å²) in [6.07, 6.45) is 4.29. The third-order valence-corrected chi connectivity index (χ3v) is 7.17. The van der Waals surface area contributed by atoms with Gasteiger partial charge in [-0.15, -0.1) is 0 Å². The summed E-state index contributed by atoms with van der Waals surface area (Å²) >= 11 is 0. The van der Waals surface area contributed by atoms with E-state index in [1.54, 1.807) is 72.8 Å². The molecule has 1 aliphatic rings. The van der Waals surface area contributed by atoms with Gasteiger partial charge in [-0.1, -0.05) is 6.92 Å². The number of unbranched alkanes of at least 4 members (excludes halogenated alkanes) is 2. The minimum Gasteiger partial charge on any atom is -0.494 e. The molecule has 1 heterocycles. The SMILES string of the molecule is CCC1(COCCCCOc2ccc(C(=O)Oc3ccc(OC(=O)c4ccc(OCCCCO)cc4)cc3)cc2)COC1. The molecule has 0 atom stereocenters. The van der Waals surface area contributed by atoms with E-state index in [9.17, 15) is 9.59 Å². The molecule has 0 bridgehead atoms. The van der Waals surface area contributed by atoms with Gasteiger partial charge in [-0.2, -0.15) is 0 Å². The third kappa shape index (κ3) is 10.1. The van der Waals surface area contributed by atoms with Gasteiger partial charge in [-0.25, -0.2) is 9.59 Å². The van der Waals surface area contributed by atoms with E-state index in [-0.39, 0.29) is 12.0 Å². The van der Waals surface area contributed by atoms with Gasteiger partial charge in [0.1, 0.15) is 23.0 Å². The second kappa shape index (κ2) is 16.6. The Hall–Kier alpha value is -3.92. The highest BCUT2D eigenvalue weighted by molar-refractivity contribution is 5.92. The van der Waals surface area contributed by atoms with Crippen molar-refractivity contribution in [2.75, 3.05) is 46.2 Å². The number of esters is 2. The predicted octanol–water partition coefficient (Wildman–Crippen LogP) is 5.88. The molecule has 9 heteroatoms. The lowest BCUT2D eigenvalue weighted by Gasteiger charge is -2.40. The average molecular weight is 593 g/mol. The van der Waals surface area contributed by atoms with Crippen LogP contribution in [-0.4, -0.2) is 63.3 Å². The summed E-state index contributed by atoms with van der Waals surface area (Å²) in [6, 6.07) is 19.7. The van der Waals surface area contributed by atoms with Gasteiger partial charge in [0, 0.05) is 18.6 Å². The number of aliphatic hydroxyl groups is 1. The highest BCUT2D eigenvalue weighted by Gasteiger charge is 2.36. The van der Waals surface area contributed by atoms with Crippen molar-refractivity contribution in [3.05, 3.63) is 83.9 Å². The number of hydrogen-bond donors (Lipinski definition) is 1. The zero-order valence-electron chi connectivity index (χ0n) is 24.6. The van der Waals surface area contributed by atoms with Gasteiger partial charge in [0.25, 0.3) is 0 Å². The summed E-state index contributed by atoms with van der Waals surface area (Å²) in [6.45, 7) is 6.41. The quantitative estimate of drug-likeness (QED) is 0.110. The second-order valence-electron chi connectivity index (χ2n) is 10.5. The fourth-order valence-electron chi connectivity index (χ4n) is 4.25. The number of hydrogen-bond acceptors (Lipinski definition) is 9. The average Bonchev–Trinajstić information content (AvgIpc) is 3.01. The Balaban J connectivity index is 1.14. The Kier molecular flexibility index (Phi) is 12.4. The highest BCUT2D eigenvalue weighted by atomic mass is 16.5. The van der Waals surface area contributed by atoms with Gasteiger partial charge in [0.05, 0.1) is 44.2 Å². The fourth-order valence-corrected chi connectivity index (χ4v) is 4.25. The van der Waals surface area contributed by atoms with Gasteiger partial charge in [-0.05, 0) is 105 Å². The summed E-state index contributed by atoms with van der Waals surface area (Å²) in [7, 11) is 0. The molecule has 0 saturated carbocycles. The van der Waals surface area contributed by atoms with Crippen LogP contribution < -0.4 is 18.9 Å². The van der Waals surface area contributed by atoms with Gasteiger partial charge < -0.3 is 33.5 Å². The first-order chi connectivity index (χ1) is 21.0. The Labute approximate surface area is 252 Å². The van der Waals surface area contributed by atoms with Gasteiger partial charge in [0.15, 0.2) is 0 Å². The number of aliphatic hydroxyl groups excluding tert-OH is 1. The molecule has 0 spiro atoms. The first-order valence-electron chi connectivity index (χ1n) is 14.8. The Morgan fingerprint density at radius 3 is 1.53 bits per heavy atom. The Bertz CT molecular complexity index is 1260. The van der Waals surface area contributed by atoms with Gasteiger partial charge >= 0.3 is 11.9 Å². The highest BCUT2D eigenvalue weighted by Crippen LogP contribution is 2.31. The zero-order valence-corrected chi connectivity index (χ0v) is 24.6. The lowest BCUT2D eigenvalue weighted by Crippen LogP contribution is -2.45. The van der Waals surface area contributed by atoms with Crippen molar-refractivity contribution in [3.8, 4) is 23.0 Å². The maximum atomic E-state index is 12.6. The molecule has 0 unspecified atom stereocenters. The maximum absolute atomic E-state index is 12.6. The first kappa shape index (κ1) is 32.0. The molecule has 1 N–H and O–H groups in total. The van der Waals surface area contributed by atoms with Crippen LogP contribution in [-0.2, 0) is 9.47 Å². The predicted molar refractivity (Wildman–Crippen MR) is 160 cm³/mol. The van der Waals surface area contributed by atoms with E-state index >= 15 is 0 Å². The molecule has 4 rings (SSSR count). The largest absolute Gasteiger partial charge is 0.494 e. The van der Waals surface area contributed by atoms with Crippen molar-refractivity contribution < 1.29 is 43.1 Å². The van der Waals surface area contributed by atoms with E-state index in [0.717, 1.165) is 45.5 Å². The van der Waals surface area contributed by atoms with Crippen LogP contribution in [0.1, 0.15) is 59.7 Å². The molecule has 0 amide bonds. The molecule has 9 nitrogen and oxygen atoms in total. The molecule has 0 aromatic heterocycles. The summed E-state index contributed by atoms with van der Waals surface area (Å²) in [4.78, 5) is 25.1. The normalized spacial score (nSPS) is 13.5. The number of ether oxygens (including phenoxy) is 6. The van der Waals surface area contributed by atoms with E-state index in [2.05, 4.69) is 6.92 Å². The second-order valence-corrected chi connectivity index (χ2v) is 10.5. The minimum absolute atomic E-state index is 0.135. The summed E-state index contributed by atoms with van der Waals surface area (Å²) in [5.74, 6) is 0.940. The number of benzene rings is 3. The maximum Gasteiger partial charge on any atom is 0.343 e. The molecule has 43 heavy (non-hydrogen) atoms. The van der Waals surface area contributed by atoms with Crippen LogP contribution in [0.25, 0.3) is 0 Å². The molecule has 1 fully saturated rings. The van der Waals surface area contributed by atoms with Crippen molar-refractivity contribution in [2.24, 2.45) is 5.41 Å². The van der Waals surface area contributed by atoms with E-state index in [1.807, 2.05) is 0 Å². The van der Waals surface area contributed by atoms with E-state index in [1.165, 1.54) is 0 Å². The zero-order chi connectivity index (χ0) is 30.3. The van der Waals surface area contributed by atoms with Crippen LogP contribution in [0.4, 0.5) is 0 Å². The molecule has 0 aliphatic carbocycles. The topological polar surface area (TPSA) is 110 Å². The lowest BCUT2D eigenvalue weighted by atomic mass is 9.84. The van der Waals surface area contributed by atoms with Crippen molar-refractivity contribution in [1.82, 2.24) is 0 Å².